The smallest absolute Gasteiger partial charge is 0.0802 e. The van der Waals surface area contributed by atoms with Gasteiger partial charge in [-0.05, 0) is 25.8 Å². The van der Waals surface area contributed by atoms with Gasteiger partial charge in [0.25, 0.3) is 0 Å². The van der Waals surface area contributed by atoms with E-state index in [1.165, 1.54) is 12.8 Å². The van der Waals surface area contributed by atoms with E-state index in [0.717, 1.165) is 25.6 Å². The van der Waals surface area contributed by atoms with E-state index in [2.05, 4.69) is 11.8 Å². The Kier molecular flexibility index (Phi) is 4.33. The molecule has 72 valence electrons. The van der Waals surface area contributed by atoms with Crippen LogP contribution in [-0.4, -0.2) is 41.1 Å². The molecule has 12 heavy (non-hydrogen) atoms. The Morgan fingerprint density at radius 3 is 2.67 bits per heavy atom. The number of rotatable bonds is 6. The van der Waals surface area contributed by atoms with Crippen LogP contribution in [0.1, 0.15) is 26.2 Å². The van der Waals surface area contributed by atoms with Crippen molar-refractivity contribution in [3.8, 4) is 0 Å². The Morgan fingerprint density at radius 2 is 2.25 bits per heavy atom. The molecule has 0 heterocycles. The minimum absolute atomic E-state index is 0.348. The van der Waals surface area contributed by atoms with Gasteiger partial charge in [0.15, 0.2) is 0 Å². The zero-order valence-electron chi connectivity index (χ0n) is 7.67. The summed E-state index contributed by atoms with van der Waals surface area (Å²) >= 11 is 5.54. The average Bonchev–Trinajstić information content (AvgIpc) is 2.86. The van der Waals surface area contributed by atoms with Gasteiger partial charge >= 0.3 is 0 Å². The monoisotopic (exact) mass is 191 g/mol. The van der Waals surface area contributed by atoms with Crippen molar-refractivity contribution < 1.29 is 5.11 Å². The van der Waals surface area contributed by atoms with Crippen LogP contribution in [-0.2, 0) is 0 Å². The second kappa shape index (κ2) is 5.05. The summed E-state index contributed by atoms with van der Waals surface area (Å²) in [4.78, 5) is 2.35. The SMILES string of the molecule is CCCN(CC(O)CCl)C1CC1. The van der Waals surface area contributed by atoms with Crippen molar-refractivity contribution in [1.82, 2.24) is 4.90 Å². The Morgan fingerprint density at radius 1 is 1.58 bits per heavy atom. The molecule has 0 radical (unpaired) electrons. The van der Waals surface area contributed by atoms with Gasteiger partial charge in [0.05, 0.1) is 6.10 Å². The van der Waals surface area contributed by atoms with Gasteiger partial charge in [-0.15, -0.1) is 11.6 Å². The van der Waals surface area contributed by atoms with Gasteiger partial charge in [-0.1, -0.05) is 6.92 Å². The van der Waals surface area contributed by atoms with E-state index < -0.39 is 0 Å². The van der Waals surface area contributed by atoms with E-state index in [-0.39, 0.29) is 6.10 Å². The van der Waals surface area contributed by atoms with Crippen LogP contribution in [0.3, 0.4) is 0 Å². The number of hydrogen-bond donors (Lipinski definition) is 1. The molecule has 1 saturated carbocycles. The summed E-state index contributed by atoms with van der Waals surface area (Å²) in [7, 11) is 0. The summed E-state index contributed by atoms with van der Waals surface area (Å²) in [6.45, 7) is 4.02. The van der Waals surface area contributed by atoms with Gasteiger partial charge in [-0.3, -0.25) is 4.90 Å². The fourth-order valence-corrected chi connectivity index (χ4v) is 1.57. The molecule has 1 aliphatic rings. The molecule has 1 rings (SSSR count). The van der Waals surface area contributed by atoms with Crippen molar-refractivity contribution in [3.63, 3.8) is 0 Å². The van der Waals surface area contributed by atoms with Crippen LogP contribution < -0.4 is 0 Å². The fraction of sp³-hybridized carbons (Fsp3) is 1.00. The molecule has 1 N–H and O–H groups in total. The molecular weight excluding hydrogens is 174 g/mol. The summed E-state index contributed by atoms with van der Waals surface area (Å²) in [5.74, 6) is 0.354. The summed E-state index contributed by atoms with van der Waals surface area (Å²) in [5.41, 5.74) is 0. The normalized spacial score (nSPS) is 20.0. The molecule has 0 saturated heterocycles. The van der Waals surface area contributed by atoms with Crippen LogP contribution in [0.15, 0.2) is 0 Å². The second-order valence-electron chi connectivity index (χ2n) is 3.53. The lowest BCUT2D eigenvalue weighted by atomic mass is 10.3. The van der Waals surface area contributed by atoms with Crippen molar-refractivity contribution in [3.05, 3.63) is 0 Å². The Balaban J connectivity index is 2.22. The van der Waals surface area contributed by atoms with Crippen molar-refractivity contribution in [2.75, 3.05) is 19.0 Å². The molecule has 1 fully saturated rings. The first kappa shape index (κ1) is 10.3. The van der Waals surface area contributed by atoms with Crippen molar-refractivity contribution >= 4 is 11.6 Å². The molecule has 0 spiro atoms. The maximum Gasteiger partial charge on any atom is 0.0802 e. The van der Waals surface area contributed by atoms with E-state index in [1.54, 1.807) is 0 Å². The predicted molar refractivity (Wildman–Crippen MR) is 51.6 cm³/mol. The quantitative estimate of drug-likeness (QED) is 0.643. The molecule has 0 aliphatic heterocycles. The van der Waals surface area contributed by atoms with E-state index in [9.17, 15) is 5.11 Å². The topological polar surface area (TPSA) is 23.5 Å². The lowest BCUT2D eigenvalue weighted by molar-refractivity contribution is 0.124. The van der Waals surface area contributed by atoms with Crippen LogP contribution in [0, 0.1) is 0 Å². The molecule has 0 amide bonds. The predicted octanol–water partition coefficient (Wildman–Crippen LogP) is 1.46. The zero-order valence-corrected chi connectivity index (χ0v) is 8.43. The highest BCUT2D eigenvalue weighted by atomic mass is 35.5. The molecule has 0 aromatic rings. The zero-order chi connectivity index (χ0) is 8.97. The van der Waals surface area contributed by atoms with Crippen LogP contribution in [0.4, 0.5) is 0 Å². The van der Waals surface area contributed by atoms with E-state index >= 15 is 0 Å². The molecule has 0 aromatic heterocycles. The van der Waals surface area contributed by atoms with Crippen molar-refractivity contribution in [2.45, 2.75) is 38.3 Å². The third-order valence-corrected chi connectivity index (χ3v) is 2.55. The first-order chi connectivity index (χ1) is 5.77. The minimum Gasteiger partial charge on any atom is -0.391 e. The number of hydrogen-bond acceptors (Lipinski definition) is 2. The summed E-state index contributed by atoms with van der Waals surface area (Å²) in [6.07, 6.45) is 3.41. The van der Waals surface area contributed by atoms with Gasteiger partial charge in [-0.25, -0.2) is 0 Å². The Bertz CT molecular complexity index is 128. The molecule has 3 heteroatoms. The highest BCUT2D eigenvalue weighted by Crippen LogP contribution is 2.26. The molecule has 0 aromatic carbocycles. The molecule has 2 nitrogen and oxygen atoms in total. The highest BCUT2D eigenvalue weighted by molar-refractivity contribution is 6.18. The van der Waals surface area contributed by atoms with E-state index in [0.29, 0.717) is 5.88 Å². The van der Waals surface area contributed by atoms with Crippen LogP contribution >= 0.6 is 11.6 Å². The standard InChI is InChI=1S/C9H18ClNO/c1-2-5-11(8-3-4-8)7-9(12)6-10/h8-9,12H,2-7H2,1H3. The van der Waals surface area contributed by atoms with Gasteiger partial charge < -0.3 is 5.11 Å². The molecule has 1 unspecified atom stereocenters. The van der Waals surface area contributed by atoms with Crippen molar-refractivity contribution in [2.24, 2.45) is 0 Å². The van der Waals surface area contributed by atoms with E-state index in [4.69, 9.17) is 11.6 Å². The Labute approximate surface area is 79.5 Å². The van der Waals surface area contributed by atoms with Crippen molar-refractivity contribution in [1.29, 1.82) is 0 Å². The summed E-state index contributed by atoms with van der Waals surface area (Å²) < 4.78 is 0. The molecule has 0 bridgehead atoms. The lowest BCUT2D eigenvalue weighted by Gasteiger charge is -2.23. The number of aliphatic hydroxyl groups is 1. The number of nitrogens with zero attached hydrogens (tertiary/aromatic N) is 1. The van der Waals surface area contributed by atoms with Gasteiger partial charge in [0.1, 0.15) is 0 Å². The van der Waals surface area contributed by atoms with Crippen LogP contribution in [0.25, 0.3) is 0 Å². The van der Waals surface area contributed by atoms with Gasteiger partial charge in [0.2, 0.25) is 0 Å². The summed E-state index contributed by atoms with van der Waals surface area (Å²) in [5, 5.41) is 9.36. The average molecular weight is 192 g/mol. The maximum atomic E-state index is 9.36. The fourth-order valence-electron chi connectivity index (χ4n) is 1.47. The number of alkyl halides is 1. The third kappa shape index (κ3) is 3.30. The largest absolute Gasteiger partial charge is 0.391 e. The van der Waals surface area contributed by atoms with Crippen LogP contribution in [0.5, 0.6) is 0 Å². The molecule has 1 atom stereocenters. The van der Waals surface area contributed by atoms with Gasteiger partial charge in [-0.2, -0.15) is 0 Å². The van der Waals surface area contributed by atoms with E-state index in [1.807, 2.05) is 0 Å². The third-order valence-electron chi connectivity index (χ3n) is 2.20. The Hall–Kier alpha value is 0.210. The minimum atomic E-state index is -0.348. The lowest BCUT2D eigenvalue weighted by Crippen LogP contribution is -2.35. The molecule has 1 aliphatic carbocycles. The maximum absolute atomic E-state index is 9.36. The summed E-state index contributed by atoms with van der Waals surface area (Å²) in [6, 6.07) is 0.739. The van der Waals surface area contributed by atoms with Gasteiger partial charge in [0, 0.05) is 18.5 Å². The first-order valence-electron chi connectivity index (χ1n) is 4.76. The number of aliphatic hydroxyl groups excluding tert-OH is 1. The highest BCUT2D eigenvalue weighted by Gasteiger charge is 2.29. The second-order valence-corrected chi connectivity index (χ2v) is 3.84. The molecular formula is C9H18ClNO. The number of halogens is 1. The van der Waals surface area contributed by atoms with Crippen LogP contribution in [0.2, 0.25) is 0 Å². The first-order valence-corrected chi connectivity index (χ1v) is 5.29.